The molecule has 0 bridgehead atoms. The first-order chi connectivity index (χ1) is 21.9. The number of hydrogen-bond acceptors (Lipinski definition) is 6. The quantitative estimate of drug-likeness (QED) is 0.0593. The van der Waals surface area contributed by atoms with E-state index in [1.807, 2.05) is 6.08 Å². The Morgan fingerprint density at radius 2 is 1.28 bits per heavy atom. The molecule has 0 amide bonds. The molecule has 10 heteroatoms. The highest BCUT2D eigenvalue weighted by Gasteiger charge is 2.48. The van der Waals surface area contributed by atoms with Gasteiger partial charge in [0.05, 0.1) is 24.4 Å². The number of ether oxygens (including phenoxy) is 1. The van der Waals surface area contributed by atoms with Crippen LogP contribution in [0.25, 0.3) is 0 Å². The topological polar surface area (TPSA) is 63.2 Å². The molecular weight excluding hydrogens is 653 g/mol. The maximum absolute atomic E-state index is 12.2. The Morgan fingerprint density at radius 1 is 0.787 bits per heavy atom. The molecule has 1 heterocycles. The van der Waals surface area contributed by atoms with E-state index in [0.29, 0.717) is 19.4 Å². The molecule has 0 fully saturated rings. The van der Waals surface area contributed by atoms with E-state index in [0.717, 1.165) is 54.4 Å². The molecule has 1 rings (SSSR count). The van der Waals surface area contributed by atoms with Gasteiger partial charge < -0.3 is 22.4 Å². The predicted molar refractivity (Wildman–Crippen MR) is 211 cm³/mol. The van der Waals surface area contributed by atoms with Gasteiger partial charge in [0.15, 0.2) is 33.3 Å². The van der Waals surface area contributed by atoms with Gasteiger partial charge in [-0.05, 0) is 85.5 Å². The normalized spacial score (nSPS) is 19.6. The zero-order chi connectivity index (χ0) is 36.2. The third-order valence-corrected chi connectivity index (χ3v) is 30.7. The molecule has 0 saturated heterocycles. The average molecular weight is 729 g/mol. The van der Waals surface area contributed by atoms with Crippen molar-refractivity contribution >= 4 is 39.2 Å². The second kappa shape index (κ2) is 19.3. The SMILES string of the molecule is CC[Si](CC)(CC)OC[C@@H](C[C@@H](O[Si](CC)(CC)CC)[C@@](C)(/C=C/[C@H]1CC=CC(=O)O1)O[Si](CC)(CC)CC)O[Si](C)(C)C(C)(C)C. The second-order valence-electron chi connectivity index (χ2n) is 15.6. The first kappa shape index (κ1) is 44.7. The van der Waals surface area contributed by atoms with Crippen molar-refractivity contribution in [3.8, 4) is 0 Å². The minimum atomic E-state index is -2.15. The van der Waals surface area contributed by atoms with Crippen LogP contribution >= 0.6 is 0 Å². The summed E-state index contributed by atoms with van der Waals surface area (Å²) in [6, 6.07) is 9.63. The fourth-order valence-electron chi connectivity index (χ4n) is 6.60. The molecule has 0 spiro atoms. The lowest BCUT2D eigenvalue weighted by molar-refractivity contribution is -0.141. The van der Waals surface area contributed by atoms with E-state index in [-0.39, 0.29) is 29.3 Å². The molecule has 0 aromatic carbocycles. The smallest absolute Gasteiger partial charge is 0.331 e. The number of rotatable bonds is 23. The summed E-state index contributed by atoms with van der Waals surface area (Å²) in [6.07, 6.45) is 8.42. The van der Waals surface area contributed by atoms with Crippen molar-refractivity contribution in [3.63, 3.8) is 0 Å². The van der Waals surface area contributed by atoms with Crippen molar-refractivity contribution in [3.05, 3.63) is 24.3 Å². The lowest BCUT2D eigenvalue weighted by Crippen LogP contribution is -2.57. The van der Waals surface area contributed by atoms with Crippen LogP contribution in [0.1, 0.15) is 103 Å². The number of hydrogen-bond donors (Lipinski definition) is 0. The zero-order valence-electron chi connectivity index (χ0n) is 33.5. The van der Waals surface area contributed by atoms with Gasteiger partial charge in [-0.15, -0.1) is 0 Å². The number of cyclic esters (lactones) is 1. The highest BCUT2D eigenvalue weighted by molar-refractivity contribution is 6.75. The molecule has 0 aliphatic carbocycles. The first-order valence-electron chi connectivity index (χ1n) is 19.1. The Bertz CT molecular complexity index is 957. The molecule has 0 radical (unpaired) electrons. The summed E-state index contributed by atoms with van der Waals surface area (Å²) < 4.78 is 35.2. The molecule has 276 valence electrons. The Kier molecular flexibility index (Phi) is 18.4. The summed E-state index contributed by atoms with van der Waals surface area (Å²) in [5, 5.41) is 0.0674. The lowest BCUT2D eigenvalue weighted by Gasteiger charge is -2.48. The van der Waals surface area contributed by atoms with Gasteiger partial charge in [-0.1, -0.05) is 95.2 Å². The van der Waals surface area contributed by atoms with Crippen molar-refractivity contribution in [2.75, 3.05) is 6.61 Å². The Morgan fingerprint density at radius 3 is 1.70 bits per heavy atom. The van der Waals surface area contributed by atoms with Crippen LogP contribution < -0.4 is 0 Å². The van der Waals surface area contributed by atoms with E-state index in [9.17, 15) is 4.79 Å². The summed E-state index contributed by atoms with van der Waals surface area (Å²) >= 11 is 0. The van der Waals surface area contributed by atoms with Crippen LogP contribution in [0.4, 0.5) is 0 Å². The van der Waals surface area contributed by atoms with Crippen molar-refractivity contribution in [1.29, 1.82) is 0 Å². The molecule has 47 heavy (non-hydrogen) atoms. The largest absolute Gasteiger partial charge is 0.455 e. The van der Waals surface area contributed by atoms with Gasteiger partial charge in [0.2, 0.25) is 0 Å². The second-order valence-corrected chi connectivity index (χ2v) is 34.6. The fraction of sp³-hybridized carbons (Fsp3) is 0.865. The molecule has 0 N–H and O–H groups in total. The summed E-state index contributed by atoms with van der Waals surface area (Å²) in [6.45, 7) is 35.2. The third-order valence-electron chi connectivity index (χ3n) is 12.1. The molecule has 6 nitrogen and oxygen atoms in total. The monoisotopic (exact) mass is 728 g/mol. The van der Waals surface area contributed by atoms with Gasteiger partial charge in [-0.25, -0.2) is 4.79 Å². The summed E-state index contributed by atoms with van der Waals surface area (Å²) in [5.74, 6) is -0.287. The van der Waals surface area contributed by atoms with Crippen molar-refractivity contribution in [2.45, 2.75) is 199 Å². The number of esters is 1. The van der Waals surface area contributed by atoms with Crippen LogP contribution in [0.3, 0.4) is 0 Å². The number of carbonyl (C=O) groups is 1. The van der Waals surface area contributed by atoms with Gasteiger partial charge in [0.25, 0.3) is 0 Å². The van der Waals surface area contributed by atoms with Gasteiger partial charge in [-0.3, -0.25) is 0 Å². The Balaban J connectivity index is 3.91. The standard InChI is InChI=1S/C37H76O6Si4/c1-16-45(17-2,18-3)39-31-33(41-44(14,15)36(10,11)12)30-34(42-46(19-4,20-5)21-6)37(13,43-47(22-7,23-8)24-9)29-28-32-26-25-27-35(38)40-32/h25,27-29,32-34H,16-24,26,30-31H2,1-15H3/b29-28+/t32-,33-,34-,37-/m1/s1. The van der Waals surface area contributed by atoms with Crippen LogP contribution in [0, 0.1) is 0 Å². The van der Waals surface area contributed by atoms with E-state index in [2.05, 4.69) is 115 Å². The summed E-state index contributed by atoms with van der Waals surface area (Å²) in [7, 11) is -8.20. The van der Waals surface area contributed by atoms with E-state index < -0.39 is 38.9 Å². The van der Waals surface area contributed by atoms with Crippen LogP contribution in [0.2, 0.25) is 72.5 Å². The van der Waals surface area contributed by atoms with E-state index >= 15 is 0 Å². The predicted octanol–water partition coefficient (Wildman–Crippen LogP) is 11.4. The Labute approximate surface area is 295 Å². The van der Waals surface area contributed by atoms with Gasteiger partial charge in [0, 0.05) is 18.9 Å². The van der Waals surface area contributed by atoms with Crippen LogP contribution in [-0.2, 0) is 27.2 Å². The third kappa shape index (κ3) is 12.4. The first-order valence-corrected chi connectivity index (χ1v) is 29.6. The highest BCUT2D eigenvalue weighted by atomic mass is 28.4. The molecule has 0 aromatic rings. The minimum absolute atomic E-state index is 0.0674. The van der Waals surface area contributed by atoms with Crippen LogP contribution in [0.5, 0.6) is 0 Å². The maximum atomic E-state index is 12.2. The van der Waals surface area contributed by atoms with Gasteiger partial charge in [0.1, 0.15) is 6.10 Å². The number of carbonyl (C=O) groups excluding carboxylic acids is 1. The van der Waals surface area contributed by atoms with E-state index in [1.54, 1.807) is 0 Å². The molecular formula is C37H76O6Si4. The highest BCUT2D eigenvalue weighted by Crippen LogP contribution is 2.41. The summed E-state index contributed by atoms with van der Waals surface area (Å²) in [4.78, 5) is 12.2. The van der Waals surface area contributed by atoms with E-state index in [4.69, 9.17) is 22.4 Å². The molecule has 0 saturated carbocycles. The molecule has 4 atom stereocenters. The molecule has 0 aromatic heterocycles. The van der Waals surface area contributed by atoms with E-state index in [1.165, 1.54) is 6.08 Å². The fourth-order valence-corrected chi connectivity index (χ4v) is 16.6. The average Bonchev–Trinajstić information content (AvgIpc) is 3.05. The Hall–Kier alpha value is -0.342. The molecule has 1 aliphatic heterocycles. The van der Waals surface area contributed by atoms with Crippen molar-refractivity contribution in [1.82, 2.24) is 0 Å². The maximum Gasteiger partial charge on any atom is 0.331 e. The van der Waals surface area contributed by atoms with Gasteiger partial charge in [-0.2, -0.15) is 0 Å². The lowest BCUT2D eigenvalue weighted by atomic mass is 9.93. The molecule has 1 aliphatic rings. The van der Waals surface area contributed by atoms with Crippen LogP contribution in [0.15, 0.2) is 24.3 Å². The molecule has 0 unspecified atom stereocenters. The minimum Gasteiger partial charge on any atom is -0.455 e. The summed E-state index contributed by atoms with van der Waals surface area (Å²) in [5.41, 5.74) is -0.719. The van der Waals surface area contributed by atoms with Crippen LogP contribution in [-0.4, -0.2) is 69.8 Å². The zero-order valence-corrected chi connectivity index (χ0v) is 37.5. The van der Waals surface area contributed by atoms with Gasteiger partial charge >= 0.3 is 5.97 Å². The van der Waals surface area contributed by atoms with Crippen molar-refractivity contribution < 1.29 is 27.2 Å². The van der Waals surface area contributed by atoms with Crippen molar-refractivity contribution in [2.24, 2.45) is 0 Å².